The van der Waals surface area contributed by atoms with Crippen LogP contribution >= 0.6 is 11.6 Å². The van der Waals surface area contributed by atoms with E-state index in [-0.39, 0.29) is 12.1 Å². The van der Waals surface area contributed by atoms with E-state index in [1.165, 1.54) is 0 Å². The first-order valence-electron chi connectivity index (χ1n) is 6.89. The number of hydrogen-bond acceptors (Lipinski definition) is 3. The van der Waals surface area contributed by atoms with Gasteiger partial charge in [0.25, 0.3) is 5.91 Å². The minimum absolute atomic E-state index is 0.0196. The van der Waals surface area contributed by atoms with Gasteiger partial charge in [0.1, 0.15) is 0 Å². The molecule has 1 amide bonds. The van der Waals surface area contributed by atoms with Crippen LogP contribution in [0.15, 0.2) is 24.3 Å². The maximum absolute atomic E-state index is 12.2. The maximum atomic E-state index is 12.2. The van der Waals surface area contributed by atoms with Crippen LogP contribution < -0.4 is 5.32 Å². The summed E-state index contributed by atoms with van der Waals surface area (Å²) in [5.74, 6) is -0.424. The molecule has 0 spiro atoms. The van der Waals surface area contributed by atoms with E-state index in [1.807, 2.05) is 0 Å². The lowest BCUT2D eigenvalue weighted by molar-refractivity contribution is -0.131. The molecule has 1 aliphatic rings. The smallest absolute Gasteiger partial charge is 0.253 e. The molecule has 0 unspecified atom stereocenters. The molecule has 1 fully saturated rings. The molecule has 1 aromatic rings. The van der Waals surface area contributed by atoms with Crippen LogP contribution in [0.3, 0.4) is 0 Å². The highest BCUT2D eigenvalue weighted by atomic mass is 35.5. The molecular weight excluding hydrogens is 278 g/mol. The fraction of sp³-hybridized carbons (Fsp3) is 0.533. The Kier molecular flexibility index (Phi) is 5.40. The van der Waals surface area contributed by atoms with Gasteiger partial charge in [0.2, 0.25) is 0 Å². The minimum atomic E-state index is -1.25. The number of benzene rings is 1. The molecule has 1 aliphatic carbocycles. The standard InChI is InChI=1S/C15H20ClNO3/c1-20-13-9-5-4-8-12(13)17-15(19)14(18)10-6-2-3-7-11(10)16/h2-3,6-7,12-14,18H,4-5,8-9H2,1H3,(H,17,19)/t12-,13+,14+/m0/s1. The number of nitrogens with one attached hydrogen (secondary N) is 1. The summed E-state index contributed by atoms with van der Waals surface area (Å²) in [7, 11) is 1.65. The number of carbonyl (C=O) groups is 1. The highest BCUT2D eigenvalue weighted by Gasteiger charge is 2.29. The Morgan fingerprint density at radius 2 is 2.10 bits per heavy atom. The normalized spacial score (nSPS) is 24.1. The molecule has 4 nitrogen and oxygen atoms in total. The van der Waals surface area contributed by atoms with Gasteiger partial charge in [-0.1, -0.05) is 42.6 Å². The Hall–Kier alpha value is -1.10. The van der Waals surface area contributed by atoms with Crippen molar-refractivity contribution in [2.75, 3.05) is 7.11 Å². The average Bonchev–Trinajstić information content (AvgIpc) is 2.47. The van der Waals surface area contributed by atoms with Crippen LogP contribution in [0.25, 0.3) is 0 Å². The zero-order valence-corrected chi connectivity index (χ0v) is 12.3. The molecule has 0 aromatic heterocycles. The first-order valence-corrected chi connectivity index (χ1v) is 7.27. The number of amides is 1. The van der Waals surface area contributed by atoms with Crippen molar-refractivity contribution in [3.8, 4) is 0 Å². The van der Waals surface area contributed by atoms with E-state index in [0.29, 0.717) is 10.6 Å². The van der Waals surface area contributed by atoms with Crippen molar-refractivity contribution in [3.05, 3.63) is 34.9 Å². The van der Waals surface area contributed by atoms with E-state index in [2.05, 4.69) is 5.32 Å². The van der Waals surface area contributed by atoms with Crippen LogP contribution in [-0.2, 0) is 9.53 Å². The molecule has 0 radical (unpaired) electrons. The minimum Gasteiger partial charge on any atom is -0.379 e. The third kappa shape index (κ3) is 3.51. The first-order chi connectivity index (χ1) is 9.63. The van der Waals surface area contributed by atoms with Gasteiger partial charge in [-0.2, -0.15) is 0 Å². The van der Waals surface area contributed by atoms with Gasteiger partial charge in [-0.25, -0.2) is 0 Å². The van der Waals surface area contributed by atoms with Crippen molar-refractivity contribution >= 4 is 17.5 Å². The number of aliphatic hydroxyl groups is 1. The zero-order chi connectivity index (χ0) is 14.5. The SMILES string of the molecule is CO[C@@H]1CCCC[C@@H]1NC(=O)[C@H](O)c1ccccc1Cl. The van der Waals surface area contributed by atoms with E-state index in [0.717, 1.165) is 25.7 Å². The second-order valence-electron chi connectivity index (χ2n) is 5.10. The van der Waals surface area contributed by atoms with E-state index in [9.17, 15) is 9.90 Å². The van der Waals surface area contributed by atoms with Gasteiger partial charge < -0.3 is 15.2 Å². The summed E-state index contributed by atoms with van der Waals surface area (Å²) in [6.45, 7) is 0. The van der Waals surface area contributed by atoms with Gasteiger partial charge in [0.05, 0.1) is 12.1 Å². The number of rotatable bonds is 4. The molecule has 0 bridgehead atoms. The second kappa shape index (κ2) is 7.07. The number of hydrogen-bond donors (Lipinski definition) is 2. The molecular formula is C15H20ClNO3. The number of methoxy groups -OCH3 is 1. The van der Waals surface area contributed by atoms with Gasteiger partial charge in [0.15, 0.2) is 6.10 Å². The molecule has 110 valence electrons. The van der Waals surface area contributed by atoms with Gasteiger partial charge in [-0.15, -0.1) is 0 Å². The number of halogens is 1. The summed E-state index contributed by atoms with van der Waals surface area (Å²) in [4.78, 5) is 12.2. The lowest BCUT2D eigenvalue weighted by Gasteiger charge is -2.31. The van der Waals surface area contributed by atoms with Crippen LogP contribution in [0, 0.1) is 0 Å². The molecule has 0 aliphatic heterocycles. The fourth-order valence-corrected chi connectivity index (χ4v) is 2.88. The van der Waals surface area contributed by atoms with Crippen LogP contribution in [0.5, 0.6) is 0 Å². The third-order valence-electron chi connectivity index (χ3n) is 3.78. The Bertz CT molecular complexity index is 466. The number of carbonyl (C=O) groups excluding carboxylic acids is 1. The van der Waals surface area contributed by atoms with E-state index in [4.69, 9.17) is 16.3 Å². The predicted molar refractivity (Wildman–Crippen MR) is 77.6 cm³/mol. The molecule has 2 rings (SSSR count). The summed E-state index contributed by atoms with van der Waals surface area (Å²) in [5, 5.41) is 13.4. The predicted octanol–water partition coefficient (Wildman–Crippen LogP) is 2.45. The number of ether oxygens (including phenoxy) is 1. The summed E-state index contributed by atoms with van der Waals surface area (Å²) in [6, 6.07) is 6.78. The van der Waals surface area contributed by atoms with Crippen molar-refractivity contribution < 1.29 is 14.6 Å². The van der Waals surface area contributed by atoms with E-state index >= 15 is 0 Å². The molecule has 2 N–H and O–H groups in total. The Labute approximate surface area is 124 Å². The van der Waals surface area contributed by atoms with Gasteiger partial charge >= 0.3 is 0 Å². The molecule has 1 saturated carbocycles. The second-order valence-corrected chi connectivity index (χ2v) is 5.50. The Morgan fingerprint density at radius 1 is 1.40 bits per heavy atom. The van der Waals surface area contributed by atoms with Crippen LogP contribution in [0.1, 0.15) is 37.4 Å². The highest BCUT2D eigenvalue weighted by Crippen LogP contribution is 2.25. The lowest BCUT2D eigenvalue weighted by Crippen LogP contribution is -2.47. The lowest BCUT2D eigenvalue weighted by atomic mass is 9.92. The largest absolute Gasteiger partial charge is 0.379 e. The highest BCUT2D eigenvalue weighted by molar-refractivity contribution is 6.31. The third-order valence-corrected chi connectivity index (χ3v) is 4.13. The van der Waals surface area contributed by atoms with Crippen molar-refractivity contribution in [2.45, 2.75) is 43.9 Å². The molecule has 20 heavy (non-hydrogen) atoms. The van der Waals surface area contributed by atoms with E-state index < -0.39 is 12.0 Å². The summed E-state index contributed by atoms with van der Waals surface area (Å²) in [6.07, 6.45) is 2.75. The zero-order valence-electron chi connectivity index (χ0n) is 11.5. The monoisotopic (exact) mass is 297 g/mol. The Balaban J connectivity index is 2.02. The fourth-order valence-electron chi connectivity index (χ4n) is 2.64. The van der Waals surface area contributed by atoms with Crippen molar-refractivity contribution in [2.24, 2.45) is 0 Å². The molecule has 0 saturated heterocycles. The quantitative estimate of drug-likeness (QED) is 0.897. The summed E-state index contributed by atoms with van der Waals surface area (Å²) < 4.78 is 5.39. The maximum Gasteiger partial charge on any atom is 0.253 e. The summed E-state index contributed by atoms with van der Waals surface area (Å²) in [5.41, 5.74) is 0.427. The van der Waals surface area contributed by atoms with Gasteiger partial charge in [-0.3, -0.25) is 4.79 Å². The van der Waals surface area contributed by atoms with Crippen molar-refractivity contribution in [1.29, 1.82) is 0 Å². The topological polar surface area (TPSA) is 58.6 Å². The number of aliphatic hydroxyl groups excluding tert-OH is 1. The van der Waals surface area contributed by atoms with Crippen LogP contribution in [0.4, 0.5) is 0 Å². The Morgan fingerprint density at radius 3 is 2.80 bits per heavy atom. The van der Waals surface area contributed by atoms with Crippen molar-refractivity contribution in [3.63, 3.8) is 0 Å². The molecule has 3 atom stereocenters. The molecule has 5 heteroatoms. The van der Waals surface area contributed by atoms with Gasteiger partial charge in [0, 0.05) is 17.7 Å². The molecule has 1 aromatic carbocycles. The molecule has 0 heterocycles. The van der Waals surface area contributed by atoms with E-state index in [1.54, 1.807) is 31.4 Å². The van der Waals surface area contributed by atoms with Crippen LogP contribution in [0.2, 0.25) is 5.02 Å². The van der Waals surface area contributed by atoms with Crippen LogP contribution in [-0.4, -0.2) is 30.3 Å². The summed E-state index contributed by atoms with van der Waals surface area (Å²) >= 11 is 6.00. The average molecular weight is 298 g/mol. The first kappa shape index (κ1) is 15.3. The van der Waals surface area contributed by atoms with Crippen molar-refractivity contribution in [1.82, 2.24) is 5.32 Å². The van der Waals surface area contributed by atoms with Gasteiger partial charge in [-0.05, 0) is 18.9 Å².